The van der Waals surface area contributed by atoms with Crippen LogP contribution in [0.1, 0.15) is 49.5 Å². The van der Waals surface area contributed by atoms with Crippen LogP contribution in [0.3, 0.4) is 0 Å². The standard InChI is InChI=1S/C16H17ClO2/c1-16(2,3)19-15(18)13-9-8-12(14(17)10-13)7-6-11-4-5-11/h8-11H,4-5H2,1-3H3. The van der Waals surface area contributed by atoms with Gasteiger partial charge in [-0.1, -0.05) is 23.4 Å². The molecule has 0 aromatic heterocycles. The minimum absolute atomic E-state index is 0.365. The Morgan fingerprint density at radius 3 is 2.58 bits per heavy atom. The molecule has 2 rings (SSSR count). The van der Waals surface area contributed by atoms with Crippen molar-refractivity contribution in [1.29, 1.82) is 0 Å². The second kappa shape index (κ2) is 5.27. The Morgan fingerprint density at radius 1 is 1.37 bits per heavy atom. The SMILES string of the molecule is CC(C)(C)OC(=O)c1ccc(C#CC2CC2)c(Cl)c1. The summed E-state index contributed by atoms with van der Waals surface area (Å²) >= 11 is 6.14. The van der Waals surface area contributed by atoms with E-state index in [-0.39, 0.29) is 5.97 Å². The van der Waals surface area contributed by atoms with Gasteiger partial charge in [-0.15, -0.1) is 0 Å². The van der Waals surface area contributed by atoms with Crippen molar-refractivity contribution in [3.63, 3.8) is 0 Å². The average Bonchev–Trinajstić information content (AvgIpc) is 3.08. The minimum Gasteiger partial charge on any atom is -0.456 e. The van der Waals surface area contributed by atoms with E-state index in [2.05, 4.69) is 11.8 Å². The van der Waals surface area contributed by atoms with Gasteiger partial charge < -0.3 is 4.74 Å². The number of ether oxygens (including phenoxy) is 1. The second-order valence-corrected chi connectivity index (χ2v) is 6.15. The monoisotopic (exact) mass is 276 g/mol. The normalized spacial score (nSPS) is 14.5. The van der Waals surface area contributed by atoms with Crippen molar-refractivity contribution >= 4 is 17.6 Å². The lowest BCUT2D eigenvalue weighted by atomic mass is 10.1. The highest BCUT2D eigenvalue weighted by Crippen LogP contribution is 2.28. The first-order valence-electron chi connectivity index (χ1n) is 6.39. The van der Waals surface area contributed by atoms with Crippen molar-refractivity contribution in [1.82, 2.24) is 0 Å². The van der Waals surface area contributed by atoms with Crippen molar-refractivity contribution in [3.05, 3.63) is 34.3 Å². The summed E-state index contributed by atoms with van der Waals surface area (Å²) in [6.45, 7) is 5.51. The summed E-state index contributed by atoms with van der Waals surface area (Å²) in [6, 6.07) is 5.10. The van der Waals surface area contributed by atoms with E-state index in [0.717, 1.165) is 5.56 Å². The summed E-state index contributed by atoms with van der Waals surface area (Å²) in [4.78, 5) is 11.9. The third-order valence-electron chi connectivity index (χ3n) is 2.59. The van der Waals surface area contributed by atoms with Gasteiger partial charge in [0, 0.05) is 11.5 Å². The van der Waals surface area contributed by atoms with Crippen LogP contribution in [0.25, 0.3) is 0 Å². The zero-order chi connectivity index (χ0) is 14.0. The highest BCUT2D eigenvalue weighted by Gasteiger charge is 2.19. The van der Waals surface area contributed by atoms with Crippen LogP contribution in [0.2, 0.25) is 5.02 Å². The fourth-order valence-electron chi connectivity index (χ4n) is 1.49. The van der Waals surface area contributed by atoms with Crippen LogP contribution in [0.5, 0.6) is 0 Å². The smallest absolute Gasteiger partial charge is 0.338 e. The van der Waals surface area contributed by atoms with Gasteiger partial charge in [0.2, 0.25) is 0 Å². The Kier molecular flexibility index (Phi) is 3.87. The maximum Gasteiger partial charge on any atom is 0.338 e. The van der Waals surface area contributed by atoms with Gasteiger partial charge in [0.25, 0.3) is 0 Å². The molecule has 1 aliphatic carbocycles. The maximum atomic E-state index is 11.9. The van der Waals surface area contributed by atoms with Crippen LogP contribution in [0.4, 0.5) is 0 Å². The van der Waals surface area contributed by atoms with Crippen molar-refractivity contribution < 1.29 is 9.53 Å². The summed E-state index contributed by atoms with van der Waals surface area (Å²) in [5.41, 5.74) is 0.714. The third-order valence-corrected chi connectivity index (χ3v) is 2.90. The first-order chi connectivity index (χ1) is 8.85. The molecule has 0 saturated heterocycles. The van der Waals surface area contributed by atoms with Crippen molar-refractivity contribution in [3.8, 4) is 11.8 Å². The van der Waals surface area contributed by atoms with E-state index in [1.165, 1.54) is 12.8 Å². The molecule has 1 saturated carbocycles. The van der Waals surface area contributed by atoms with Gasteiger partial charge >= 0.3 is 5.97 Å². The number of carbonyl (C=O) groups excluding carboxylic acids is 1. The number of esters is 1. The molecule has 0 unspecified atom stereocenters. The molecule has 3 heteroatoms. The largest absolute Gasteiger partial charge is 0.456 e. The Hall–Kier alpha value is -1.46. The lowest BCUT2D eigenvalue weighted by molar-refractivity contribution is 0.00695. The van der Waals surface area contributed by atoms with E-state index in [4.69, 9.17) is 16.3 Å². The highest BCUT2D eigenvalue weighted by molar-refractivity contribution is 6.32. The number of benzene rings is 1. The Balaban J connectivity index is 2.14. The molecule has 1 aromatic carbocycles. The number of carbonyl (C=O) groups is 1. The van der Waals surface area contributed by atoms with Crippen molar-refractivity contribution in [2.75, 3.05) is 0 Å². The third kappa shape index (κ3) is 4.29. The minimum atomic E-state index is -0.506. The summed E-state index contributed by atoms with van der Waals surface area (Å²) < 4.78 is 5.29. The number of hydrogen-bond donors (Lipinski definition) is 0. The molecule has 0 radical (unpaired) electrons. The lowest BCUT2D eigenvalue weighted by Crippen LogP contribution is -2.23. The van der Waals surface area contributed by atoms with E-state index >= 15 is 0 Å². The van der Waals surface area contributed by atoms with Gasteiger partial charge in [0.1, 0.15) is 5.60 Å². The van der Waals surface area contributed by atoms with Gasteiger partial charge in [-0.25, -0.2) is 4.79 Å². The fourth-order valence-corrected chi connectivity index (χ4v) is 1.72. The van der Waals surface area contributed by atoms with Crippen molar-refractivity contribution in [2.45, 2.75) is 39.2 Å². The van der Waals surface area contributed by atoms with Gasteiger partial charge in [-0.2, -0.15) is 0 Å². The van der Waals surface area contributed by atoms with Crippen LogP contribution < -0.4 is 0 Å². The number of hydrogen-bond acceptors (Lipinski definition) is 2. The molecule has 0 amide bonds. The van der Waals surface area contributed by atoms with Gasteiger partial charge in [0.05, 0.1) is 10.6 Å². The lowest BCUT2D eigenvalue weighted by Gasteiger charge is -2.19. The fraction of sp³-hybridized carbons (Fsp3) is 0.438. The number of rotatable bonds is 1. The number of halogens is 1. The van der Waals surface area contributed by atoms with E-state index in [1.807, 2.05) is 20.8 Å². The molecule has 0 bridgehead atoms. The molecule has 1 aromatic rings. The van der Waals surface area contributed by atoms with E-state index < -0.39 is 5.60 Å². The average molecular weight is 277 g/mol. The first-order valence-corrected chi connectivity index (χ1v) is 6.77. The summed E-state index contributed by atoms with van der Waals surface area (Å²) in [5.74, 6) is 6.37. The Bertz CT molecular complexity index is 554. The molecule has 100 valence electrons. The van der Waals surface area contributed by atoms with Crippen LogP contribution in [-0.4, -0.2) is 11.6 Å². The zero-order valence-corrected chi connectivity index (χ0v) is 12.2. The molecule has 19 heavy (non-hydrogen) atoms. The van der Waals surface area contributed by atoms with Crippen LogP contribution in [-0.2, 0) is 4.74 Å². The summed E-state index contributed by atoms with van der Waals surface area (Å²) in [7, 11) is 0. The van der Waals surface area contributed by atoms with E-state index in [0.29, 0.717) is 16.5 Å². The molecular weight excluding hydrogens is 260 g/mol. The van der Waals surface area contributed by atoms with Gasteiger partial charge in [0.15, 0.2) is 0 Å². The predicted octanol–water partition coefficient (Wildman–Crippen LogP) is 4.06. The molecule has 0 atom stereocenters. The molecule has 1 aliphatic rings. The Labute approximate surface area is 119 Å². The van der Waals surface area contributed by atoms with Crippen LogP contribution >= 0.6 is 11.6 Å². The van der Waals surface area contributed by atoms with E-state index in [9.17, 15) is 4.79 Å². The molecule has 2 nitrogen and oxygen atoms in total. The maximum absolute atomic E-state index is 11.9. The highest BCUT2D eigenvalue weighted by atomic mass is 35.5. The Morgan fingerprint density at radius 2 is 2.05 bits per heavy atom. The van der Waals surface area contributed by atoms with Gasteiger partial charge in [-0.3, -0.25) is 0 Å². The van der Waals surface area contributed by atoms with Gasteiger partial charge in [-0.05, 0) is 51.8 Å². The van der Waals surface area contributed by atoms with E-state index in [1.54, 1.807) is 18.2 Å². The second-order valence-electron chi connectivity index (χ2n) is 5.74. The molecule has 0 aliphatic heterocycles. The summed E-state index contributed by atoms with van der Waals surface area (Å²) in [5, 5.41) is 0.497. The zero-order valence-electron chi connectivity index (χ0n) is 11.4. The van der Waals surface area contributed by atoms with Crippen LogP contribution in [0, 0.1) is 17.8 Å². The predicted molar refractivity (Wildman–Crippen MR) is 76.2 cm³/mol. The molecule has 1 fully saturated rings. The molecular formula is C16H17ClO2. The summed E-state index contributed by atoms with van der Waals surface area (Å²) in [6.07, 6.45) is 2.36. The molecule has 0 heterocycles. The topological polar surface area (TPSA) is 26.3 Å². The van der Waals surface area contributed by atoms with Crippen LogP contribution in [0.15, 0.2) is 18.2 Å². The molecule has 0 N–H and O–H groups in total. The first kappa shape index (κ1) is 14.0. The molecule has 0 spiro atoms. The quantitative estimate of drug-likeness (QED) is 0.571. The van der Waals surface area contributed by atoms with Crippen molar-refractivity contribution in [2.24, 2.45) is 5.92 Å².